The molecule has 0 fully saturated rings. The zero-order valence-corrected chi connectivity index (χ0v) is 10.7. The Labute approximate surface area is 113 Å². The summed E-state index contributed by atoms with van der Waals surface area (Å²) in [6, 6.07) is 7.26. The molecule has 0 aliphatic carbocycles. The van der Waals surface area contributed by atoms with Crippen LogP contribution < -0.4 is 5.32 Å². The van der Waals surface area contributed by atoms with Gasteiger partial charge < -0.3 is 5.32 Å². The highest BCUT2D eigenvalue weighted by Gasteiger charge is 2.20. The van der Waals surface area contributed by atoms with Gasteiger partial charge in [-0.15, -0.1) is 0 Å². The third-order valence-corrected chi connectivity index (χ3v) is 2.95. The molecule has 0 aliphatic heterocycles. The van der Waals surface area contributed by atoms with Crippen LogP contribution in [0.4, 0.5) is 23.2 Å². The largest absolute Gasteiger partial charge is 0.376 e. The second kappa shape index (κ2) is 5.90. The number of pyridine rings is 1. The Morgan fingerprint density at radius 1 is 0.950 bits per heavy atom. The first kappa shape index (κ1) is 14.3. The van der Waals surface area contributed by atoms with Crippen molar-refractivity contribution in [3.8, 4) is 0 Å². The zero-order chi connectivity index (χ0) is 14.7. The van der Waals surface area contributed by atoms with Crippen molar-refractivity contribution in [2.24, 2.45) is 0 Å². The van der Waals surface area contributed by atoms with Gasteiger partial charge in [-0.3, -0.25) is 0 Å². The Hall–Kier alpha value is -2.11. The summed E-state index contributed by atoms with van der Waals surface area (Å²) in [5, 5.41) is 2.38. The maximum absolute atomic E-state index is 13.4. The van der Waals surface area contributed by atoms with Crippen molar-refractivity contribution >= 4 is 5.69 Å². The van der Waals surface area contributed by atoms with E-state index in [0.717, 1.165) is 17.5 Å². The first-order valence-electron chi connectivity index (χ1n) is 6.05. The van der Waals surface area contributed by atoms with E-state index in [1.54, 1.807) is 12.1 Å². The highest BCUT2D eigenvalue weighted by molar-refractivity contribution is 5.46. The third kappa shape index (κ3) is 2.74. The number of anilines is 1. The molecule has 0 radical (unpaired) electrons. The van der Waals surface area contributed by atoms with Crippen LogP contribution >= 0.6 is 0 Å². The predicted molar refractivity (Wildman–Crippen MR) is 67.2 cm³/mol. The number of hydrogen-bond acceptors (Lipinski definition) is 2. The molecular formula is C14H12F4N2. The molecule has 106 valence electrons. The standard InChI is InChI=1S/C14H12F4N2/c1-2-8-5-3-4-6-9(8)7-19-12-10(15)13(17)20-14(18)11(12)16/h3-6H,2,7H2,1H3,(H,19,20). The molecule has 2 nitrogen and oxygen atoms in total. The fourth-order valence-electron chi connectivity index (χ4n) is 1.90. The van der Waals surface area contributed by atoms with Gasteiger partial charge in [-0.25, -0.2) is 0 Å². The molecule has 1 aromatic heterocycles. The average molecular weight is 284 g/mol. The summed E-state index contributed by atoms with van der Waals surface area (Å²) in [5.41, 5.74) is 0.933. The van der Waals surface area contributed by atoms with Crippen molar-refractivity contribution in [1.29, 1.82) is 0 Å². The molecule has 2 aromatic rings. The van der Waals surface area contributed by atoms with E-state index in [0.29, 0.717) is 0 Å². The van der Waals surface area contributed by atoms with Gasteiger partial charge in [-0.2, -0.15) is 22.5 Å². The third-order valence-electron chi connectivity index (χ3n) is 2.95. The van der Waals surface area contributed by atoms with E-state index in [-0.39, 0.29) is 6.54 Å². The number of rotatable bonds is 4. The highest BCUT2D eigenvalue weighted by Crippen LogP contribution is 2.23. The van der Waals surface area contributed by atoms with Crippen LogP contribution in [0.25, 0.3) is 0 Å². The molecule has 1 N–H and O–H groups in total. The maximum atomic E-state index is 13.4. The van der Waals surface area contributed by atoms with Gasteiger partial charge in [0, 0.05) is 6.54 Å². The van der Waals surface area contributed by atoms with Crippen molar-refractivity contribution in [2.75, 3.05) is 5.32 Å². The van der Waals surface area contributed by atoms with Crippen molar-refractivity contribution in [3.63, 3.8) is 0 Å². The van der Waals surface area contributed by atoms with E-state index >= 15 is 0 Å². The Morgan fingerprint density at radius 2 is 1.50 bits per heavy atom. The molecule has 1 heterocycles. The Kier molecular flexibility index (Phi) is 4.22. The molecule has 0 saturated carbocycles. The topological polar surface area (TPSA) is 24.9 Å². The van der Waals surface area contributed by atoms with Gasteiger partial charge in [0.1, 0.15) is 5.69 Å². The van der Waals surface area contributed by atoms with Crippen LogP contribution in [0, 0.1) is 23.5 Å². The first-order chi connectivity index (χ1) is 9.54. The number of nitrogens with one attached hydrogen (secondary N) is 1. The van der Waals surface area contributed by atoms with Crippen LogP contribution in [0.1, 0.15) is 18.1 Å². The minimum absolute atomic E-state index is 0.0563. The summed E-state index contributed by atoms with van der Waals surface area (Å²) in [7, 11) is 0. The number of benzene rings is 1. The van der Waals surface area contributed by atoms with Crippen LogP contribution in [0.15, 0.2) is 24.3 Å². The van der Waals surface area contributed by atoms with Gasteiger partial charge in [0.25, 0.3) is 11.9 Å². The van der Waals surface area contributed by atoms with E-state index < -0.39 is 29.2 Å². The fraction of sp³-hybridized carbons (Fsp3) is 0.214. The van der Waals surface area contributed by atoms with E-state index in [2.05, 4.69) is 10.3 Å². The molecule has 0 unspecified atom stereocenters. The second-order valence-corrected chi connectivity index (χ2v) is 4.17. The van der Waals surface area contributed by atoms with Gasteiger partial charge in [-0.05, 0) is 17.5 Å². The van der Waals surface area contributed by atoms with Gasteiger partial charge in [0.05, 0.1) is 0 Å². The van der Waals surface area contributed by atoms with Gasteiger partial charge in [0.15, 0.2) is 0 Å². The lowest BCUT2D eigenvalue weighted by Crippen LogP contribution is -2.10. The van der Waals surface area contributed by atoms with Gasteiger partial charge >= 0.3 is 0 Å². The Bertz CT molecular complexity index is 603. The molecule has 1 aromatic carbocycles. The molecule has 6 heteroatoms. The zero-order valence-electron chi connectivity index (χ0n) is 10.7. The van der Waals surface area contributed by atoms with E-state index in [1.807, 2.05) is 19.1 Å². The molecule has 0 atom stereocenters. The lowest BCUT2D eigenvalue weighted by Gasteiger charge is -2.12. The smallest absolute Gasteiger partial charge is 0.253 e. The molecule has 0 spiro atoms. The summed E-state index contributed by atoms with van der Waals surface area (Å²) >= 11 is 0. The molecular weight excluding hydrogens is 272 g/mol. The maximum Gasteiger partial charge on any atom is 0.253 e. The molecule has 0 amide bonds. The predicted octanol–water partition coefficient (Wildman–Crippen LogP) is 3.81. The van der Waals surface area contributed by atoms with Crippen molar-refractivity contribution in [3.05, 3.63) is 58.9 Å². The van der Waals surface area contributed by atoms with Gasteiger partial charge in [-0.1, -0.05) is 31.2 Å². The molecule has 2 rings (SSSR count). The lowest BCUT2D eigenvalue weighted by molar-refractivity contribution is 0.410. The van der Waals surface area contributed by atoms with Crippen LogP contribution in [0.2, 0.25) is 0 Å². The van der Waals surface area contributed by atoms with Gasteiger partial charge in [0.2, 0.25) is 11.6 Å². The molecule has 0 bridgehead atoms. The van der Waals surface area contributed by atoms with E-state index in [1.165, 1.54) is 0 Å². The quantitative estimate of drug-likeness (QED) is 0.682. The first-order valence-corrected chi connectivity index (χ1v) is 6.05. The molecule has 0 saturated heterocycles. The number of aromatic nitrogens is 1. The number of halogens is 4. The second-order valence-electron chi connectivity index (χ2n) is 4.17. The summed E-state index contributed by atoms with van der Waals surface area (Å²) in [6.45, 7) is 1.99. The van der Waals surface area contributed by atoms with Crippen LogP contribution in [0.5, 0.6) is 0 Å². The van der Waals surface area contributed by atoms with Crippen molar-refractivity contribution < 1.29 is 17.6 Å². The minimum atomic E-state index is -1.67. The van der Waals surface area contributed by atoms with Crippen LogP contribution in [0.3, 0.4) is 0 Å². The average Bonchev–Trinajstić information content (AvgIpc) is 2.45. The van der Waals surface area contributed by atoms with Crippen LogP contribution in [-0.2, 0) is 13.0 Å². The molecule has 20 heavy (non-hydrogen) atoms. The van der Waals surface area contributed by atoms with E-state index in [9.17, 15) is 17.6 Å². The van der Waals surface area contributed by atoms with Crippen molar-refractivity contribution in [2.45, 2.75) is 19.9 Å². The highest BCUT2D eigenvalue weighted by atomic mass is 19.2. The summed E-state index contributed by atoms with van der Waals surface area (Å²) in [5.74, 6) is -6.40. The van der Waals surface area contributed by atoms with Crippen LogP contribution in [-0.4, -0.2) is 4.98 Å². The van der Waals surface area contributed by atoms with Crippen molar-refractivity contribution in [1.82, 2.24) is 4.98 Å². The van der Waals surface area contributed by atoms with E-state index in [4.69, 9.17) is 0 Å². The number of aryl methyl sites for hydroxylation is 1. The summed E-state index contributed by atoms with van der Waals surface area (Å²) in [6.07, 6.45) is 0.738. The molecule has 0 aliphatic rings. The number of hydrogen-bond donors (Lipinski definition) is 1. The monoisotopic (exact) mass is 284 g/mol. The lowest BCUT2D eigenvalue weighted by atomic mass is 10.1. The fourth-order valence-corrected chi connectivity index (χ4v) is 1.90. The minimum Gasteiger partial charge on any atom is -0.376 e. The summed E-state index contributed by atoms with van der Waals surface area (Å²) < 4.78 is 52.8. The number of nitrogens with zero attached hydrogens (tertiary/aromatic N) is 1. The normalized spacial score (nSPS) is 10.7. The Morgan fingerprint density at radius 3 is 2.05 bits per heavy atom. The summed E-state index contributed by atoms with van der Waals surface area (Å²) in [4.78, 5) is 2.50. The Balaban J connectivity index is 2.27. The SMILES string of the molecule is CCc1ccccc1CNc1c(F)c(F)nc(F)c1F.